The van der Waals surface area contributed by atoms with E-state index in [0.717, 1.165) is 6.42 Å². The van der Waals surface area contributed by atoms with E-state index in [4.69, 9.17) is 4.74 Å². The first-order valence-corrected chi connectivity index (χ1v) is 5.04. The fourth-order valence-corrected chi connectivity index (χ4v) is 3.32. The van der Waals surface area contributed by atoms with Gasteiger partial charge in [-0.25, -0.2) is 0 Å². The molecule has 2 rings (SSSR count). The van der Waals surface area contributed by atoms with Gasteiger partial charge >= 0.3 is 0 Å². The molecule has 14 heavy (non-hydrogen) atoms. The maximum atomic E-state index is 9.29. The molecule has 0 aromatic carbocycles. The molecule has 2 N–H and O–H groups in total. The number of aliphatic hydroxyl groups is 2. The van der Waals surface area contributed by atoms with Crippen molar-refractivity contribution in [2.24, 2.45) is 17.8 Å². The Morgan fingerprint density at radius 3 is 2.43 bits per heavy atom. The topological polar surface area (TPSA) is 49.7 Å². The molecule has 0 aromatic rings. The van der Waals surface area contributed by atoms with Gasteiger partial charge in [0.05, 0.1) is 18.3 Å². The van der Waals surface area contributed by atoms with E-state index in [0.29, 0.717) is 11.8 Å². The van der Waals surface area contributed by atoms with Gasteiger partial charge in [0.25, 0.3) is 0 Å². The Bertz CT molecular complexity index is 212. The van der Waals surface area contributed by atoms with Gasteiger partial charge in [0.15, 0.2) is 0 Å². The van der Waals surface area contributed by atoms with E-state index in [1.807, 2.05) is 6.92 Å². The van der Waals surface area contributed by atoms with Crippen LogP contribution in [0.15, 0.2) is 0 Å². The standard InChI is InChI=1S/C10H18O3.Ac/c1-6-3-10(5-12)9(6)8(4-11)7(2)13-10;/h6-9,11-12H,3-5H2,1-2H3;. The van der Waals surface area contributed by atoms with Gasteiger partial charge in [-0.3, -0.25) is 0 Å². The first-order valence-electron chi connectivity index (χ1n) is 5.04. The maximum Gasteiger partial charge on any atom is 0.0953 e. The first-order chi connectivity index (χ1) is 6.14. The van der Waals surface area contributed by atoms with Crippen molar-refractivity contribution >= 4 is 0 Å². The van der Waals surface area contributed by atoms with Crippen LogP contribution in [0.1, 0.15) is 20.3 Å². The van der Waals surface area contributed by atoms with Crippen molar-refractivity contribution in [1.82, 2.24) is 0 Å². The summed E-state index contributed by atoms with van der Waals surface area (Å²) < 4.78 is 5.76. The zero-order valence-corrected chi connectivity index (χ0v) is 13.6. The SMILES string of the molecule is CC1CC2(CO)OC(C)C(CO)C12.[Ac]. The molecule has 3 nitrogen and oxygen atoms in total. The zero-order valence-electron chi connectivity index (χ0n) is 8.81. The molecule has 5 unspecified atom stereocenters. The Morgan fingerprint density at radius 1 is 1.36 bits per heavy atom. The van der Waals surface area contributed by atoms with Gasteiger partial charge < -0.3 is 14.9 Å². The van der Waals surface area contributed by atoms with Crippen molar-refractivity contribution in [2.45, 2.75) is 32.0 Å². The van der Waals surface area contributed by atoms with Crippen LogP contribution in [-0.2, 0) is 4.74 Å². The van der Waals surface area contributed by atoms with E-state index in [9.17, 15) is 10.2 Å². The van der Waals surface area contributed by atoms with Gasteiger partial charge in [0.2, 0.25) is 0 Å². The van der Waals surface area contributed by atoms with Crippen molar-refractivity contribution in [3.63, 3.8) is 0 Å². The third kappa shape index (κ3) is 1.72. The third-order valence-electron chi connectivity index (χ3n) is 3.85. The van der Waals surface area contributed by atoms with Crippen LogP contribution >= 0.6 is 0 Å². The minimum Gasteiger partial charge on any atom is -0.396 e. The molecule has 1 radical (unpaired) electrons. The predicted octanol–water partition coefficient (Wildman–Crippen LogP) is 0.401. The number of hydrogen-bond acceptors (Lipinski definition) is 3. The number of rotatable bonds is 2. The van der Waals surface area contributed by atoms with Gasteiger partial charge in [-0.1, -0.05) is 6.92 Å². The first kappa shape index (κ1) is 13.4. The molecule has 5 atom stereocenters. The number of ether oxygens (including phenoxy) is 1. The summed E-state index contributed by atoms with van der Waals surface area (Å²) in [6.45, 7) is 4.44. The van der Waals surface area contributed by atoms with Crippen LogP contribution in [0, 0.1) is 61.8 Å². The maximum absolute atomic E-state index is 9.29. The van der Waals surface area contributed by atoms with Crippen molar-refractivity contribution < 1.29 is 59.0 Å². The minimum atomic E-state index is -0.313. The summed E-state index contributed by atoms with van der Waals surface area (Å²) >= 11 is 0. The summed E-state index contributed by atoms with van der Waals surface area (Å²) in [5.41, 5.74) is -0.313. The van der Waals surface area contributed by atoms with Crippen LogP contribution < -0.4 is 0 Å². The molecule has 0 aromatic heterocycles. The van der Waals surface area contributed by atoms with Crippen LogP contribution in [0.4, 0.5) is 0 Å². The second-order valence-electron chi connectivity index (χ2n) is 4.60. The van der Waals surface area contributed by atoms with Crippen LogP contribution in [-0.4, -0.2) is 35.1 Å². The summed E-state index contributed by atoms with van der Waals surface area (Å²) in [7, 11) is 0. The van der Waals surface area contributed by atoms with Crippen molar-refractivity contribution in [1.29, 1.82) is 0 Å². The number of fused-ring (bicyclic) bond motifs is 1. The minimum absolute atomic E-state index is 0. The Hall–Kier alpha value is 1.32. The smallest absolute Gasteiger partial charge is 0.0953 e. The summed E-state index contributed by atoms with van der Waals surface area (Å²) in [6, 6.07) is 0. The van der Waals surface area contributed by atoms with Gasteiger partial charge in [-0.2, -0.15) is 0 Å². The summed E-state index contributed by atoms with van der Waals surface area (Å²) in [6.07, 6.45) is 1.03. The zero-order chi connectivity index (χ0) is 9.64. The largest absolute Gasteiger partial charge is 0.396 e. The molecular weight excluding hydrogens is 395 g/mol. The van der Waals surface area contributed by atoms with Gasteiger partial charge in [0, 0.05) is 62.5 Å². The molecule has 4 heteroatoms. The van der Waals surface area contributed by atoms with Crippen molar-refractivity contribution in [2.75, 3.05) is 13.2 Å². The molecule has 1 aliphatic heterocycles. The van der Waals surface area contributed by atoms with E-state index in [-0.39, 0.29) is 74.9 Å². The summed E-state index contributed by atoms with van der Waals surface area (Å²) in [4.78, 5) is 0. The molecule has 79 valence electrons. The average molecular weight is 413 g/mol. The Balaban J connectivity index is 0.000000980. The monoisotopic (exact) mass is 413 g/mol. The second kappa shape index (κ2) is 4.67. The summed E-state index contributed by atoms with van der Waals surface area (Å²) in [5, 5.41) is 18.5. The third-order valence-corrected chi connectivity index (χ3v) is 3.85. The van der Waals surface area contributed by atoms with Gasteiger partial charge in [-0.15, -0.1) is 0 Å². The normalized spacial score (nSPS) is 50.6. The average Bonchev–Trinajstić information content (AvgIpc) is 2.33. The Morgan fingerprint density at radius 2 is 2.00 bits per heavy atom. The van der Waals surface area contributed by atoms with Crippen LogP contribution in [0.25, 0.3) is 0 Å². The molecule has 0 bridgehead atoms. The van der Waals surface area contributed by atoms with Gasteiger partial charge in [0.1, 0.15) is 0 Å². The molecule has 1 saturated heterocycles. The summed E-state index contributed by atoms with van der Waals surface area (Å²) in [5.74, 6) is 1.16. The molecule has 2 fully saturated rings. The Labute approximate surface area is 121 Å². The van der Waals surface area contributed by atoms with E-state index in [1.54, 1.807) is 0 Å². The fraction of sp³-hybridized carbons (Fsp3) is 1.00. The van der Waals surface area contributed by atoms with E-state index < -0.39 is 0 Å². The number of aliphatic hydroxyl groups excluding tert-OH is 2. The molecule has 0 amide bonds. The van der Waals surface area contributed by atoms with Gasteiger partial charge in [-0.05, 0) is 19.3 Å². The molecule has 0 spiro atoms. The van der Waals surface area contributed by atoms with Crippen LogP contribution in [0.5, 0.6) is 0 Å². The molecule has 1 heterocycles. The quantitative estimate of drug-likeness (QED) is 0.690. The van der Waals surface area contributed by atoms with E-state index in [1.165, 1.54) is 0 Å². The van der Waals surface area contributed by atoms with Crippen molar-refractivity contribution in [3.05, 3.63) is 0 Å². The molecule has 1 saturated carbocycles. The number of hydrogen-bond donors (Lipinski definition) is 2. The molecule has 1 aliphatic carbocycles. The van der Waals surface area contributed by atoms with E-state index in [2.05, 4.69) is 6.92 Å². The molecule has 2 aliphatic rings. The molecular formula is C10H18AcO3. The van der Waals surface area contributed by atoms with Crippen LogP contribution in [0.3, 0.4) is 0 Å². The van der Waals surface area contributed by atoms with Crippen LogP contribution in [0.2, 0.25) is 0 Å². The van der Waals surface area contributed by atoms with Crippen molar-refractivity contribution in [3.8, 4) is 0 Å². The fourth-order valence-electron chi connectivity index (χ4n) is 3.32. The Kier molecular flexibility index (Phi) is 4.47. The predicted molar refractivity (Wildman–Crippen MR) is 48.2 cm³/mol. The van der Waals surface area contributed by atoms with E-state index >= 15 is 0 Å². The second-order valence-corrected chi connectivity index (χ2v) is 4.60.